The Morgan fingerprint density at radius 3 is 2.64 bits per heavy atom. The number of ether oxygens (including phenoxy) is 1. The van der Waals surface area contributed by atoms with E-state index >= 15 is 0 Å². The number of H-pyrrole nitrogens is 1. The molecule has 22 heavy (non-hydrogen) atoms. The number of nitrogens with one attached hydrogen (secondary N) is 3. The Morgan fingerprint density at radius 2 is 1.95 bits per heavy atom. The van der Waals surface area contributed by atoms with Gasteiger partial charge in [-0.1, -0.05) is 12.1 Å². The average molecular weight is 301 g/mol. The second kappa shape index (κ2) is 7.07. The number of hydrogen-bond donors (Lipinski definition) is 3. The molecule has 0 bridgehead atoms. The molecule has 0 saturated carbocycles. The van der Waals surface area contributed by atoms with Crippen LogP contribution in [0.2, 0.25) is 0 Å². The molecule has 2 rings (SSSR count). The third kappa shape index (κ3) is 4.20. The van der Waals surface area contributed by atoms with Crippen LogP contribution in [0.1, 0.15) is 27.8 Å². The van der Waals surface area contributed by atoms with Gasteiger partial charge in [0.1, 0.15) is 11.4 Å². The molecule has 7 heteroatoms. The van der Waals surface area contributed by atoms with Gasteiger partial charge in [-0.2, -0.15) is 0 Å². The number of carbonyl (C=O) groups excluding carboxylic acids is 3. The normalized spacial score (nSPS) is 9.86. The number of carbonyl (C=O) groups is 3. The first-order valence-electron chi connectivity index (χ1n) is 6.52. The van der Waals surface area contributed by atoms with Crippen LogP contribution in [0.15, 0.2) is 42.6 Å². The van der Waals surface area contributed by atoms with Crippen molar-refractivity contribution in [2.24, 2.45) is 0 Å². The first-order valence-corrected chi connectivity index (χ1v) is 6.52. The monoisotopic (exact) mass is 301 g/mol. The molecule has 0 radical (unpaired) electrons. The van der Waals surface area contributed by atoms with Crippen molar-refractivity contribution in [1.82, 2.24) is 15.8 Å². The predicted octanol–water partition coefficient (Wildman–Crippen LogP) is 1.06. The van der Waals surface area contributed by atoms with Crippen molar-refractivity contribution in [3.63, 3.8) is 0 Å². The van der Waals surface area contributed by atoms with Gasteiger partial charge < -0.3 is 9.72 Å². The Balaban J connectivity index is 1.79. The number of rotatable bonds is 5. The molecule has 0 fully saturated rings. The standard InChI is InChI=1S/C15H15N3O4/c1-10(19)11-4-2-5-12(8-11)22-9-14(20)17-18-15(21)13-6-3-7-16-13/h2-8,16H,9H2,1H3,(H,17,20)(H,18,21). The van der Waals surface area contributed by atoms with E-state index in [0.717, 1.165) is 0 Å². The summed E-state index contributed by atoms with van der Waals surface area (Å²) in [6.07, 6.45) is 1.60. The lowest BCUT2D eigenvalue weighted by molar-refractivity contribution is -0.123. The second-order valence-corrected chi connectivity index (χ2v) is 4.46. The molecule has 2 amide bonds. The molecule has 0 atom stereocenters. The summed E-state index contributed by atoms with van der Waals surface area (Å²) in [6.45, 7) is 1.16. The lowest BCUT2D eigenvalue weighted by atomic mass is 10.1. The Morgan fingerprint density at radius 1 is 1.14 bits per heavy atom. The maximum absolute atomic E-state index is 11.6. The SMILES string of the molecule is CC(=O)c1cccc(OCC(=O)NNC(=O)c2ccc[nH]2)c1. The van der Waals surface area contributed by atoms with E-state index in [2.05, 4.69) is 15.8 Å². The van der Waals surface area contributed by atoms with Gasteiger partial charge in [-0.3, -0.25) is 25.2 Å². The zero-order valence-corrected chi connectivity index (χ0v) is 11.9. The van der Waals surface area contributed by atoms with Crippen LogP contribution < -0.4 is 15.6 Å². The van der Waals surface area contributed by atoms with Crippen LogP contribution in [0.5, 0.6) is 5.75 Å². The van der Waals surface area contributed by atoms with Gasteiger partial charge >= 0.3 is 0 Å². The fraction of sp³-hybridized carbons (Fsp3) is 0.133. The second-order valence-electron chi connectivity index (χ2n) is 4.46. The maximum Gasteiger partial charge on any atom is 0.286 e. The first kappa shape index (κ1) is 15.3. The highest BCUT2D eigenvalue weighted by Crippen LogP contribution is 2.13. The van der Waals surface area contributed by atoms with Gasteiger partial charge in [0.05, 0.1) is 0 Å². The van der Waals surface area contributed by atoms with E-state index in [4.69, 9.17) is 4.74 Å². The van der Waals surface area contributed by atoms with Crippen LogP contribution >= 0.6 is 0 Å². The molecule has 0 saturated heterocycles. The van der Waals surface area contributed by atoms with Gasteiger partial charge in [-0.15, -0.1) is 0 Å². The summed E-state index contributed by atoms with van der Waals surface area (Å²) in [7, 11) is 0. The average Bonchev–Trinajstić information content (AvgIpc) is 3.05. The Bertz CT molecular complexity index is 680. The number of hydrogen-bond acceptors (Lipinski definition) is 4. The van der Waals surface area contributed by atoms with Gasteiger partial charge in [0, 0.05) is 11.8 Å². The minimum absolute atomic E-state index is 0.0897. The highest BCUT2D eigenvalue weighted by atomic mass is 16.5. The van der Waals surface area contributed by atoms with E-state index in [0.29, 0.717) is 17.0 Å². The van der Waals surface area contributed by atoms with E-state index in [-0.39, 0.29) is 12.4 Å². The van der Waals surface area contributed by atoms with Gasteiger partial charge in [0.15, 0.2) is 12.4 Å². The number of aromatic nitrogens is 1. The molecule has 1 heterocycles. The molecular weight excluding hydrogens is 286 g/mol. The Labute approximate surface area is 126 Å². The van der Waals surface area contributed by atoms with E-state index in [1.807, 2.05) is 0 Å². The van der Waals surface area contributed by atoms with Gasteiger partial charge in [-0.05, 0) is 31.2 Å². The number of aromatic amines is 1. The van der Waals surface area contributed by atoms with Crippen molar-refractivity contribution in [3.05, 3.63) is 53.9 Å². The molecular formula is C15H15N3O4. The highest BCUT2D eigenvalue weighted by Gasteiger charge is 2.08. The topological polar surface area (TPSA) is 100 Å². The van der Waals surface area contributed by atoms with Crippen LogP contribution in [-0.4, -0.2) is 29.2 Å². The Hall–Kier alpha value is -3.09. The molecule has 0 aliphatic heterocycles. The molecule has 0 aliphatic rings. The maximum atomic E-state index is 11.6. The van der Waals surface area contributed by atoms with Crippen molar-refractivity contribution in [2.75, 3.05) is 6.61 Å². The fourth-order valence-corrected chi connectivity index (χ4v) is 1.66. The molecule has 7 nitrogen and oxygen atoms in total. The summed E-state index contributed by atoms with van der Waals surface area (Å²) in [5.74, 6) is -0.670. The number of ketones is 1. The van der Waals surface area contributed by atoms with E-state index in [1.165, 1.54) is 6.92 Å². The summed E-state index contributed by atoms with van der Waals surface area (Å²) < 4.78 is 5.26. The van der Waals surface area contributed by atoms with Crippen LogP contribution in [0, 0.1) is 0 Å². The largest absolute Gasteiger partial charge is 0.484 e. The number of hydrazine groups is 1. The highest BCUT2D eigenvalue weighted by molar-refractivity contribution is 5.94. The third-order valence-electron chi connectivity index (χ3n) is 2.77. The van der Waals surface area contributed by atoms with Crippen molar-refractivity contribution < 1.29 is 19.1 Å². The Kier molecular flexibility index (Phi) is 4.92. The van der Waals surface area contributed by atoms with E-state index in [9.17, 15) is 14.4 Å². The molecule has 0 unspecified atom stereocenters. The zero-order valence-electron chi connectivity index (χ0n) is 11.9. The van der Waals surface area contributed by atoms with Crippen molar-refractivity contribution in [1.29, 1.82) is 0 Å². The molecule has 1 aromatic carbocycles. The van der Waals surface area contributed by atoms with E-state index in [1.54, 1.807) is 42.6 Å². The van der Waals surface area contributed by atoms with Crippen LogP contribution in [0.3, 0.4) is 0 Å². The fourth-order valence-electron chi connectivity index (χ4n) is 1.66. The quantitative estimate of drug-likeness (QED) is 0.568. The number of amides is 2. The van der Waals surface area contributed by atoms with Crippen LogP contribution in [0.25, 0.3) is 0 Å². The summed E-state index contributed by atoms with van der Waals surface area (Å²) >= 11 is 0. The molecule has 0 spiro atoms. The van der Waals surface area contributed by atoms with Crippen LogP contribution in [-0.2, 0) is 4.79 Å². The minimum Gasteiger partial charge on any atom is -0.484 e. The number of Topliss-reactive ketones (excluding diaryl/α,β-unsaturated/α-hetero) is 1. The lowest BCUT2D eigenvalue weighted by Crippen LogP contribution is -2.43. The van der Waals surface area contributed by atoms with Crippen molar-refractivity contribution in [3.8, 4) is 5.75 Å². The molecule has 1 aromatic heterocycles. The molecule has 0 aliphatic carbocycles. The summed E-state index contributed by atoms with van der Waals surface area (Å²) in [4.78, 5) is 37.1. The van der Waals surface area contributed by atoms with Gasteiger partial charge in [0.2, 0.25) is 0 Å². The van der Waals surface area contributed by atoms with Gasteiger partial charge in [0.25, 0.3) is 11.8 Å². The van der Waals surface area contributed by atoms with Crippen molar-refractivity contribution >= 4 is 17.6 Å². The molecule has 2 aromatic rings. The molecule has 3 N–H and O–H groups in total. The summed E-state index contributed by atoms with van der Waals surface area (Å²) in [5, 5.41) is 0. The first-order chi connectivity index (χ1) is 10.6. The summed E-state index contributed by atoms with van der Waals surface area (Å²) in [5.41, 5.74) is 5.30. The molecule has 114 valence electrons. The van der Waals surface area contributed by atoms with Crippen molar-refractivity contribution in [2.45, 2.75) is 6.92 Å². The van der Waals surface area contributed by atoms with Gasteiger partial charge in [-0.25, -0.2) is 0 Å². The predicted molar refractivity (Wildman–Crippen MR) is 78.3 cm³/mol. The minimum atomic E-state index is -0.520. The summed E-state index contributed by atoms with van der Waals surface area (Å²) in [6, 6.07) is 9.75. The zero-order chi connectivity index (χ0) is 15.9. The number of benzene rings is 1. The lowest BCUT2D eigenvalue weighted by Gasteiger charge is -2.08. The van der Waals surface area contributed by atoms with Crippen LogP contribution in [0.4, 0.5) is 0 Å². The van der Waals surface area contributed by atoms with E-state index < -0.39 is 11.8 Å². The smallest absolute Gasteiger partial charge is 0.286 e. The third-order valence-corrected chi connectivity index (χ3v) is 2.77.